The van der Waals surface area contributed by atoms with Gasteiger partial charge in [-0.1, -0.05) is 30.3 Å². The fourth-order valence-corrected chi connectivity index (χ4v) is 4.40. The van der Waals surface area contributed by atoms with Crippen LogP contribution in [0.3, 0.4) is 0 Å². The monoisotopic (exact) mass is 394 g/mol. The lowest BCUT2D eigenvalue weighted by molar-refractivity contribution is 0.170. The summed E-state index contributed by atoms with van der Waals surface area (Å²) in [6.45, 7) is 8.97. The van der Waals surface area contributed by atoms with E-state index < -0.39 is 0 Å². The molecule has 1 unspecified atom stereocenters. The van der Waals surface area contributed by atoms with Crippen LogP contribution in [0, 0.1) is 6.92 Å². The number of anilines is 1. The number of nitrogens with zero attached hydrogens (tertiary/aromatic N) is 4. The Morgan fingerprint density at radius 2 is 1.86 bits per heavy atom. The Morgan fingerprint density at radius 1 is 1.14 bits per heavy atom. The van der Waals surface area contributed by atoms with Gasteiger partial charge in [-0.3, -0.25) is 4.90 Å². The number of carbonyl (C=O) groups is 1. The average Bonchev–Trinajstić information content (AvgIpc) is 3.08. The highest BCUT2D eigenvalue weighted by Gasteiger charge is 2.36. The number of benzene rings is 1. The number of likely N-dealkylation sites (tertiary alicyclic amines) is 1. The standard InChI is InChI=1S/C23H30N4O2/c1-16(2)26-11-9-19(10-12-26)21-14-22(25-17(3)24-21)27-20(15-29-23(27)28)13-18-7-5-4-6-8-18/h4-8,14,16,19-20H,9-13,15H2,1-3H3. The number of ether oxygens (including phenoxy) is 1. The summed E-state index contributed by atoms with van der Waals surface area (Å²) in [5, 5.41) is 0. The first kappa shape index (κ1) is 19.8. The summed E-state index contributed by atoms with van der Waals surface area (Å²) in [4.78, 5) is 26.1. The molecule has 2 aromatic rings. The Bertz CT molecular complexity index is 847. The Morgan fingerprint density at radius 3 is 2.55 bits per heavy atom. The molecule has 2 aliphatic rings. The number of piperidine rings is 1. The van der Waals surface area contributed by atoms with Crippen molar-refractivity contribution in [1.82, 2.24) is 14.9 Å². The third kappa shape index (κ3) is 4.42. The van der Waals surface area contributed by atoms with Crippen LogP contribution in [0.4, 0.5) is 10.6 Å². The van der Waals surface area contributed by atoms with E-state index in [-0.39, 0.29) is 12.1 Å². The van der Waals surface area contributed by atoms with Crippen molar-refractivity contribution in [2.45, 2.75) is 58.0 Å². The molecule has 0 radical (unpaired) electrons. The third-order valence-corrected chi connectivity index (χ3v) is 6.04. The molecule has 4 rings (SSSR count). The molecular weight excluding hydrogens is 364 g/mol. The summed E-state index contributed by atoms with van der Waals surface area (Å²) in [6, 6.07) is 12.8. The lowest BCUT2D eigenvalue weighted by Crippen LogP contribution is -2.38. The van der Waals surface area contributed by atoms with Crippen molar-refractivity contribution in [3.05, 3.63) is 53.5 Å². The van der Waals surface area contributed by atoms with Gasteiger partial charge in [0.1, 0.15) is 18.2 Å². The molecule has 1 amide bonds. The van der Waals surface area contributed by atoms with E-state index in [9.17, 15) is 4.79 Å². The van der Waals surface area contributed by atoms with Crippen LogP contribution < -0.4 is 4.90 Å². The van der Waals surface area contributed by atoms with Gasteiger partial charge >= 0.3 is 6.09 Å². The van der Waals surface area contributed by atoms with Crippen LogP contribution in [-0.2, 0) is 11.2 Å². The summed E-state index contributed by atoms with van der Waals surface area (Å²) in [6.07, 6.45) is 2.61. The zero-order chi connectivity index (χ0) is 20.4. The van der Waals surface area contributed by atoms with E-state index in [1.165, 1.54) is 5.56 Å². The molecule has 154 valence electrons. The molecule has 1 atom stereocenters. The number of hydrogen-bond acceptors (Lipinski definition) is 5. The Labute approximate surface area is 172 Å². The Balaban J connectivity index is 1.55. The minimum Gasteiger partial charge on any atom is -0.447 e. The number of carbonyl (C=O) groups excluding carboxylic acids is 1. The first-order chi connectivity index (χ1) is 14.0. The van der Waals surface area contributed by atoms with Gasteiger partial charge in [-0.2, -0.15) is 0 Å². The molecule has 2 aliphatic heterocycles. The predicted molar refractivity (Wildman–Crippen MR) is 113 cm³/mol. The summed E-state index contributed by atoms with van der Waals surface area (Å²) in [5.41, 5.74) is 2.24. The lowest BCUT2D eigenvalue weighted by Gasteiger charge is -2.34. The topological polar surface area (TPSA) is 58.6 Å². The van der Waals surface area contributed by atoms with Crippen molar-refractivity contribution in [2.75, 3.05) is 24.6 Å². The Kier molecular flexibility index (Phi) is 5.81. The third-order valence-electron chi connectivity index (χ3n) is 6.04. The maximum atomic E-state index is 12.5. The molecule has 0 saturated carbocycles. The number of cyclic esters (lactones) is 1. The van der Waals surface area contributed by atoms with Gasteiger partial charge in [0.25, 0.3) is 0 Å². The molecule has 0 bridgehead atoms. The maximum absolute atomic E-state index is 12.5. The molecule has 0 N–H and O–H groups in total. The normalized spacial score (nSPS) is 21.0. The Hall–Kier alpha value is -2.47. The van der Waals surface area contributed by atoms with Crippen molar-refractivity contribution < 1.29 is 9.53 Å². The van der Waals surface area contributed by atoms with Gasteiger partial charge in [-0.05, 0) is 58.7 Å². The lowest BCUT2D eigenvalue weighted by atomic mass is 9.92. The molecule has 3 heterocycles. The van der Waals surface area contributed by atoms with E-state index in [2.05, 4.69) is 35.9 Å². The highest BCUT2D eigenvalue weighted by Crippen LogP contribution is 2.31. The second-order valence-corrected chi connectivity index (χ2v) is 8.39. The van der Waals surface area contributed by atoms with Crippen molar-refractivity contribution in [3.8, 4) is 0 Å². The van der Waals surface area contributed by atoms with Gasteiger partial charge in [0.05, 0.1) is 6.04 Å². The van der Waals surface area contributed by atoms with Crippen LogP contribution in [-0.4, -0.2) is 52.7 Å². The van der Waals surface area contributed by atoms with E-state index in [4.69, 9.17) is 9.72 Å². The van der Waals surface area contributed by atoms with Gasteiger partial charge in [0, 0.05) is 23.7 Å². The van der Waals surface area contributed by atoms with Crippen LogP contribution in [0.2, 0.25) is 0 Å². The SMILES string of the molecule is Cc1nc(C2CCN(C(C)C)CC2)cc(N2C(=O)OCC2Cc2ccccc2)n1. The summed E-state index contributed by atoms with van der Waals surface area (Å²) in [7, 11) is 0. The summed E-state index contributed by atoms with van der Waals surface area (Å²) < 4.78 is 5.39. The largest absolute Gasteiger partial charge is 0.447 e. The fourth-order valence-electron chi connectivity index (χ4n) is 4.40. The summed E-state index contributed by atoms with van der Waals surface area (Å²) >= 11 is 0. The predicted octanol–water partition coefficient (Wildman–Crippen LogP) is 3.94. The number of aromatic nitrogens is 2. The molecule has 29 heavy (non-hydrogen) atoms. The molecule has 6 nitrogen and oxygen atoms in total. The molecule has 0 aliphatic carbocycles. The first-order valence-electron chi connectivity index (χ1n) is 10.6. The molecule has 6 heteroatoms. The highest BCUT2D eigenvalue weighted by molar-refractivity contribution is 5.89. The van der Waals surface area contributed by atoms with Gasteiger partial charge < -0.3 is 9.64 Å². The minimum atomic E-state index is -0.315. The van der Waals surface area contributed by atoms with Crippen LogP contribution >= 0.6 is 0 Å². The number of amides is 1. The second kappa shape index (κ2) is 8.49. The van der Waals surface area contributed by atoms with Crippen LogP contribution in [0.1, 0.15) is 49.7 Å². The highest BCUT2D eigenvalue weighted by atomic mass is 16.6. The van der Waals surface area contributed by atoms with E-state index >= 15 is 0 Å². The van der Waals surface area contributed by atoms with Crippen LogP contribution in [0.5, 0.6) is 0 Å². The number of rotatable bonds is 5. The zero-order valence-corrected chi connectivity index (χ0v) is 17.5. The van der Waals surface area contributed by atoms with Gasteiger partial charge in [0.15, 0.2) is 0 Å². The van der Waals surface area contributed by atoms with E-state index in [0.29, 0.717) is 30.2 Å². The van der Waals surface area contributed by atoms with Gasteiger partial charge in [-0.25, -0.2) is 14.8 Å². The average molecular weight is 395 g/mol. The summed E-state index contributed by atoms with van der Waals surface area (Å²) in [5.74, 6) is 1.79. The van der Waals surface area contributed by atoms with Gasteiger partial charge in [0.2, 0.25) is 0 Å². The molecule has 0 spiro atoms. The van der Waals surface area contributed by atoms with Gasteiger partial charge in [-0.15, -0.1) is 0 Å². The van der Waals surface area contributed by atoms with Crippen molar-refractivity contribution in [3.63, 3.8) is 0 Å². The zero-order valence-electron chi connectivity index (χ0n) is 17.5. The second-order valence-electron chi connectivity index (χ2n) is 8.39. The molecule has 1 aromatic heterocycles. The van der Waals surface area contributed by atoms with E-state index in [1.54, 1.807) is 4.90 Å². The number of hydrogen-bond donors (Lipinski definition) is 0. The number of aryl methyl sites for hydroxylation is 1. The fraction of sp³-hybridized carbons (Fsp3) is 0.522. The maximum Gasteiger partial charge on any atom is 0.415 e. The first-order valence-corrected chi connectivity index (χ1v) is 10.6. The quantitative estimate of drug-likeness (QED) is 0.769. The van der Waals surface area contributed by atoms with E-state index in [1.807, 2.05) is 31.2 Å². The van der Waals surface area contributed by atoms with Crippen molar-refractivity contribution >= 4 is 11.9 Å². The van der Waals surface area contributed by atoms with Crippen molar-refractivity contribution in [2.24, 2.45) is 0 Å². The van der Waals surface area contributed by atoms with Crippen LogP contribution in [0.15, 0.2) is 36.4 Å². The van der Waals surface area contributed by atoms with Crippen LogP contribution in [0.25, 0.3) is 0 Å². The van der Waals surface area contributed by atoms with Crippen molar-refractivity contribution in [1.29, 1.82) is 0 Å². The van der Waals surface area contributed by atoms with E-state index in [0.717, 1.165) is 38.0 Å². The smallest absolute Gasteiger partial charge is 0.415 e. The molecular formula is C23H30N4O2. The minimum absolute atomic E-state index is 0.0464. The molecule has 2 fully saturated rings. The molecule has 1 aromatic carbocycles. The molecule has 2 saturated heterocycles.